The van der Waals surface area contributed by atoms with Crippen molar-refractivity contribution in [2.24, 2.45) is 0 Å². The fourth-order valence-corrected chi connectivity index (χ4v) is 2.66. The molecule has 0 spiro atoms. The van der Waals surface area contributed by atoms with Gasteiger partial charge in [-0.15, -0.1) is 0 Å². The molecule has 1 aromatic carbocycles. The molecule has 3 rings (SSSR count). The normalized spacial score (nSPS) is 23.6. The maximum atomic E-state index is 14.4. The zero-order chi connectivity index (χ0) is 16.1. The van der Waals surface area contributed by atoms with Crippen molar-refractivity contribution in [2.75, 3.05) is 13.1 Å². The summed E-state index contributed by atoms with van der Waals surface area (Å²) in [4.78, 5) is 2.09. The Labute approximate surface area is 130 Å². The molecule has 0 aliphatic carbocycles. The minimum absolute atomic E-state index is 0.128. The van der Waals surface area contributed by atoms with Crippen molar-refractivity contribution in [3.05, 3.63) is 29.3 Å². The number of hydrogen-bond acceptors (Lipinski definition) is 3. The van der Waals surface area contributed by atoms with Crippen molar-refractivity contribution >= 4 is 12.6 Å². The summed E-state index contributed by atoms with van der Waals surface area (Å²) in [5, 5.41) is 0. The largest absolute Gasteiger partial charge is 0.497 e. The Morgan fingerprint density at radius 1 is 1.05 bits per heavy atom. The van der Waals surface area contributed by atoms with E-state index >= 15 is 0 Å². The number of rotatable bonds is 3. The molecule has 0 saturated carbocycles. The van der Waals surface area contributed by atoms with E-state index in [1.165, 1.54) is 12.1 Å². The second kappa shape index (κ2) is 5.29. The average molecular weight is 309 g/mol. The van der Waals surface area contributed by atoms with Gasteiger partial charge < -0.3 is 9.31 Å². The number of likely N-dealkylation sites (tertiary alicyclic amines) is 1. The zero-order valence-corrected chi connectivity index (χ0v) is 13.6. The molecule has 0 aromatic heterocycles. The highest BCUT2D eigenvalue weighted by molar-refractivity contribution is 6.62. The van der Waals surface area contributed by atoms with Crippen LogP contribution in [0.15, 0.2) is 12.1 Å². The maximum absolute atomic E-state index is 14.4. The number of nitrogens with zero attached hydrogens (tertiary/aromatic N) is 1. The first-order valence-electron chi connectivity index (χ1n) is 7.75. The maximum Gasteiger partial charge on any atom is 0.497 e. The van der Waals surface area contributed by atoms with E-state index in [1.54, 1.807) is 0 Å². The highest BCUT2D eigenvalue weighted by Gasteiger charge is 2.52. The molecule has 2 fully saturated rings. The molecular formula is C16H22BF2NO2. The molecule has 0 amide bonds. The molecule has 2 heterocycles. The van der Waals surface area contributed by atoms with Crippen molar-refractivity contribution in [1.82, 2.24) is 4.90 Å². The Morgan fingerprint density at radius 2 is 1.64 bits per heavy atom. The molecule has 120 valence electrons. The molecule has 0 atom stereocenters. The second-order valence-corrected chi connectivity index (χ2v) is 7.18. The van der Waals surface area contributed by atoms with Crippen LogP contribution in [-0.2, 0) is 15.9 Å². The number of halogens is 2. The summed E-state index contributed by atoms with van der Waals surface area (Å²) in [6.45, 7) is 9.89. The average Bonchev–Trinajstić information content (AvgIpc) is 2.56. The van der Waals surface area contributed by atoms with E-state index in [4.69, 9.17) is 9.31 Å². The quantitative estimate of drug-likeness (QED) is 0.801. The molecule has 6 heteroatoms. The third-order valence-electron chi connectivity index (χ3n) is 5.02. The summed E-state index contributed by atoms with van der Waals surface area (Å²) in [6, 6.07) is 2.49. The van der Waals surface area contributed by atoms with Crippen molar-refractivity contribution < 1.29 is 18.1 Å². The molecular weight excluding hydrogens is 287 g/mol. The van der Waals surface area contributed by atoms with Crippen molar-refractivity contribution in [3.8, 4) is 0 Å². The summed E-state index contributed by atoms with van der Waals surface area (Å²) in [7, 11) is -0.877. The van der Waals surface area contributed by atoms with Crippen LogP contribution in [0.25, 0.3) is 0 Å². The first kappa shape index (κ1) is 15.9. The fourth-order valence-electron chi connectivity index (χ4n) is 2.66. The Morgan fingerprint density at radius 3 is 2.14 bits per heavy atom. The first-order valence-corrected chi connectivity index (χ1v) is 7.75. The van der Waals surface area contributed by atoms with E-state index in [1.807, 2.05) is 27.7 Å². The third kappa shape index (κ3) is 2.68. The molecule has 2 aliphatic rings. The predicted molar refractivity (Wildman–Crippen MR) is 82.0 cm³/mol. The smallest absolute Gasteiger partial charge is 0.399 e. The molecule has 1 aromatic rings. The van der Waals surface area contributed by atoms with Gasteiger partial charge >= 0.3 is 7.12 Å². The minimum Gasteiger partial charge on any atom is -0.399 e. The van der Waals surface area contributed by atoms with Gasteiger partial charge in [0, 0.05) is 17.6 Å². The number of hydrogen-bond donors (Lipinski definition) is 0. The van der Waals surface area contributed by atoms with Crippen molar-refractivity contribution in [1.29, 1.82) is 0 Å². The summed E-state index contributed by atoms with van der Waals surface area (Å²) < 4.78 is 40.3. The SMILES string of the molecule is CC1(C)OB(c2cc(F)c(CN3CCC3)cc2F)OC1(C)C. The first-order chi connectivity index (χ1) is 10.2. The van der Waals surface area contributed by atoms with Gasteiger partial charge in [0.05, 0.1) is 11.2 Å². The van der Waals surface area contributed by atoms with Gasteiger partial charge in [0.15, 0.2) is 0 Å². The Hall–Kier alpha value is -0.975. The van der Waals surface area contributed by atoms with Gasteiger partial charge in [-0.05, 0) is 59.3 Å². The lowest BCUT2D eigenvalue weighted by atomic mass is 9.78. The molecule has 2 aliphatic heterocycles. The van der Waals surface area contributed by atoms with Crippen LogP contribution < -0.4 is 5.46 Å². The summed E-state index contributed by atoms with van der Waals surface area (Å²) >= 11 is 0. The topological polar surface area (TPSA) is 21.7 Å². The fraction of sp³-hybridized carbons (Fsp3) is 0.625. The van der Waals surface area contributed by atoms with Crippen LogP contribution in [0, 0.1) is 11.6 Å². The van der Waals surface area contributed by atoms with E-state index in [0.717, 1.165) is 19.5 Å². The Bertz CT molecular complexity index is 572. The van der Waals surface area contributed by atoms with Crippen LogP contribution in [0.4, 0.5) is 8.78 Å². The van der Waals surface area contributed by atoms with Crippen LogP contribution in [0.2, 0.25) is 0 Å². The van der Waals surface area contributed by atoms with Gasteiger partial charge in [-0.3, -0.25) is 4.90 Å². The lowest BCUT2D eigenvalue weighted by Gasteiger charge is -2.32. The van der Waals surface area contributed by atoms with Crippen LogP contribution in [-0.4, -0.2) is 36.3 Å². The van der Waals surface area contributed by atoms with Crippen LogP contribution in [0.1, 0.15) is 39.7 Å². The van der Waals surface area contributed by atoms with Crippen LogP contribution in [0.3, 0.4) is 0 Å². The van der Waals surface area contributed by atoms with E-state index < -0.39 is 30.0 Å². The monoisotopic (exact) mass is 309 g/mol. The molecule has 0 bridgehead atoms. The molecule has 22 heavy (non-hydrogen) atoms. The molecule has 3 nitrogen and oxygen atoms in total. The molecule has 0 radical (unpaired) electrons. The third-order valence-corrected chi connectivity index (χ3v) is 5.02. The van der Waals surface area contributed by atoms with Gasteiger partial charge in [0.2, 0.25) is 0 Å². The predicted octanol–water partition coefficient (Wildman–Crippen LogP) is 2.47. The zero-order valence-electron chi connectivity index (χ0n) is 13.6. The number of benzene rings is 1. The van der Waals surface area contributed by atoms with Crippen LogP contribution >= 0.6 is 0 Å². The van der Waals surface area contributed by atoms with Gasteiger partial charge in [-0.2, -0.15) is 0 Å². The van der Waals surface area contributed by atoms with Gasteiger partial charge in [-0.25, -0.2) is 8.78 Å². The Balaban J connectivity index is 1.84. The summed E-state index contributed by atoms with van der Waals surface area (Å²) in [5.74, 6) is -0.881. The minimum atomic E-state index is -0.877. The standard InChI is InChI=1S/C16H22BF2NO2/c1-15(2)16(3,4)22-17(21-15)12-9-13(18)11(8-14(12)19)10-20-6-5-7-20/h8-9H,5-7,10H2,1-4H3. The Kier molecular flexibility index (Phi) is 3.82. The van der Waals surface area contributed by atoms with E-state index in [9.17, 15) is 8.78 Å². The second-order valence-electron chi connectivity index (χ2n) is 7.18. The van der Waals surface area contributed by atoms with Crippen LogP contribution in [0.5, 0.6) is 0 Å². The lowest BCUT2D eigenvalue weighted by molar-refractivity contribution is 0.00578. The highest BCUT2D eigenvalue weighted by Crippen LogP contribution is 2.36. The van der Waals surface area contributed by atoms with Crippen molar-refractivity contribution in [3.63, 3.8) is 0 Å². The highest BCUT2D eigenvalue weighted by atomic mass is 19.1. The molecule has 0 N–H and O–H groups in total. The van der Waals surface area contributed by atoms with Gasteiger partial charge in [-0.1, -0.05) is 0 Å². The van der Waals surface area contributed by atoms with E-state index in [-0.39, 0.29) is 5.46 Å². The van der Waals surface area contributed by atoms with Gasteiger partial charge in [0.1, 0.15) is 11.6 Å². The van der Waals surface area contributed by atoms with Crippen molar-refractivity contribution in [2.45, 2.75) is 51.9 Å². The molecule has 2 saturated heterocycles. The van der Waals surface area contributed by atoms with E-state index in [2.05, 4.69) is 4.90 Å². The molecule has 0 unspecified atom stereocenters. The summed E-state index contributed by atoms with van der Waals surface area (Å²) in [6.07, 6.45) is 1.12. The van der Waals surface area contributed by atoms with E-state index in [0.29, 0.717) is 12.1 Å². The summed E-state index contributed by atoms with van der Waals surface area (Å²) in [5.41, 5.74) is -0.630. The van der Waals surface area contributed by atoms with Gasteiger partial charge in [0.25, 0.3) is 0 Å². The lowest BCUT2D eigenvalue weighted by Crippen LogP contribution is -2.41.